The largest absolute Gasteiger partial charge is 0.373 e. The van der Waals surface area contributed by atoms with Crippen molar-refractivity contribution < 1.29 is 9.53 Å². The number of nitrogens with zero attached hydrogens (tertiary/aromatic N) is 2. The summed E-state index contributed by atoms with van der Waals surface area (Å²) >= 11 is 0. The molecule has 2 saturated heterocycles. The van der Waals surface area contributed by atoms with Gasteiger partial charge in [-0.3, -0.25) is 9.69 Å². The number of aryl methyl sites for hydroxylation is 1. The van der Waals surface area contributed by atoms with Crippen molar-refractivity contribution in [3.05, 3.63) is 23.8 Å². The van der Waals surface area contributed by atoms with E-state index in [1.165, 1.54) is 18.5 Å². The third-order valence-corrected chi connectivity index (χ3v) is 4.82. The fraction of sp³-hybridized carbons (Fsp3) is 0.632. The van der Waals surface area contributed by atoms with Crippen LogP contribution in [0.4, 0.5) is 11.4 Å². The van der Waals surface area contributed by atoms with Crippen LogP contribution in [0.5, 0.6) is 0 Å². The number of rotatable bonds is 4. The summed E-state index contributed by atoms with van der Waals surface area (Å²) in [5.74, 6) is 0.0494. The molecule has 0 saturated carbocycles. The Kier molecular flexibility index (Phi) is 5.41. The van der Waals surface area contributed by atoms with E-state index in [2.05, 4.69) is 48.0 Å². The van der Waals surface area contributed by atoms with E-state index in [9.17, 15) is 4.79 Å². The Labute approximate surface area is 145 Å². The van der Waals surface area contributed by atoms with Crippen molar-refractivity contribution in [2.24, 2.45) is 0 Å². The number of nitrogens with one attached hydrogen (secondary N) is 1. The van der Waals surface area contributed by atoms with Crippen molar-refractivity contribution in [3.63, 3.8) is 0 Å². The molecule has 5 heteroatoms. The number of carbonyl (C=O) groups excluding carboxylic acids is 1. The number of morpholine rings is 1. The molecule has 0 radical (unpaired) electrons. The fourth-order valence-corrected chi connectivity index (χ4v) is 3.77. The molecule has 24 heavy (non-hydrogen) atoms. The van der Waals surface area contributed by atoms with Crippen LogP contribution in [-0.4, -0.2) is 55.7 Å². The molecule has 3 rings (SSSR count). The van der Waals surface area contributed by atoms with E-state index in [-0.39, 0.29) is 18.1 Å². The predicted molar refractivity (Wildman–Crippen MR) is 97.7 cm³/mol. The van der Waals surface area contributed by atoms with E-state index in [1.807, 2.05) is 6.07 Å². The first-order valence-electron chi connectivity index (χ1n) is 9.04. The van der Waals surface area contributed by atoms with E-state index in [0.717, 1.165) is 37.4 Å². The molecule has 132 valence electrons. The maximum Gasteiger partial charge on any atom is 0.238 e. The van der Waals surface area contributed by atoms with Gasteiger partial charge in [0, 0.05) is 37.6 Å². The highest BCUT2D eigenvalue weighted by molar-refractivity contribution is 5.93. The molecular weight excluding hydrogens is 302 g/mol. The molecule has 0 spiro atoms. The monoisotopic (exact) mass is 331 g/mol. The topological polar surface area (TPSA) is 44.8 Å². The minimum atomic E-state index is 0.0494. The number of benzene rings is 1. The van der Waals surface area contributed by atoms with Crippen LogP contribution in [-0.2, 0) is 9.53 Å². The average Bonchev–Trinajstić information content (AvgIpc) is 3.02. The number of hydrogen-bond acceptors (Lipinski definition) is 4. The highest BCUT2D eigenvalue weighted by Gasteiger charge is 2.23. The third-order valence-electron chi connectivity index (χ3n) is 4.82. The van der Waals surface area contributed by atoms with Crippen LogP contribution in [0, 0.1) is 6.92 Å². The smallest absolute Gasteiger partial charge is 0.238 e. The molecule has 0 aliphatic carbocycles. The van der Waals surface area contributed by atoms with Crippen molar-refractivity contribution in [2.45, 2.75) is 45.8 Å². The van der Waals surface area contributed by atoms with Crippen molar-refractivity contribution in [2.75, 3.05) is 42.9 Å². The SMILES string of the molecule is Cc1cc(N2CCCC2)ccc1NC(=O)CN1CC(C)OC(C)C1. The standard InChI is InChI=1S/C19H29N3O2/c1-14-10-17(22-8-4-5-9-22)6-7-18(14)20-19(23)13-21-11-15(2)24-16(3)12-21/h6-7,10,15-16H,4-5,8-9,11-13H2,1-3H3,(H,20,23). The highest BCUT2D eigenvalue weighted by atomic mass is 16.5. The summed E-state index contributed by atoms with van der Waals surface area (Å²) < 4.78 is 5.72. The summed E-state index contributed by atoms with van der Waals surface area (Å²) in [7, 11) is 0. The Hall–Kier alpha value is -1.59. The fourth-order valence-electron chi connectivity index (χ4n) is 3.77. The van der Waals surface area contributed by atoms with E-state index in [1.54, 1.807) is 0 Å². The second-order valence-electron chi connectivity index (χ2n) is 7.19. The lowest BCUT2D eigenvalue weighted by Crippen LogP contribution is -2.48. The molecule has 1 N–H and O–H groups in total. The number of carbonyl (C=O) groups is 1. The van der Waals surface area contributed by atoms with E-state index in [4.69, 9.17) is 4.74 Å². The number of ether oxygens (including phenoxy) is 1. The van der Waals surface area contributed by atoms with Crippen LogP contribution in [0.15, 0.2) is 18.2 Å². The molecule has 5 nitrogen and oxygen atoms in total. The van der Waals surface area contributed by atoms with E-state index < -0.39 is 0 Å². The van der Waals surface area contributed by atoms with Gasteiger partial charge in [0.1, 0.15) is 0 Å². The summed E-state index contributed by atoms with van der Waals surface area (Å²) in [6.07, 6.45) is 2.91. The molecule has 2 unspecified atom stereocenters. The zero-order valence-corrected chi connectivity index (χ0v) is 15.0. The Bertz CT molecular complexity index is 574. The van der Waals surface area contributed by atoms with Gasteiger partial charge in [-0.2, -0.15) is 0 Å². The quantitative estimate of drug-likeness (QED) is 0.921. The van der Waals surface area contributed by atoms with Crippen LogP contribution in [0.1, 0.15) is 32.3 Å². The van der Waals surface area contributed by atoms with Gasteiger partial charge in [0.05, 0.1) is 18.8 Å². The van der Waals surface area contributed by atoms with Crippen LogP contribution < -0.4 is 10.2 Å². The molecule has 0 aromatic heterocycles. The second kappa shape index (κ2) is 7.53. The maximum absolute atomic E-state index is 12.4. The molecule has 2 atom stereocenters. The Balaban J connectivity index is 1.57. The van der Waals surface area contributed by atoms with Crippen molar-refractivity contribution >= 4 is 17.3 Å². The van der Waals surface area contributed by atoms with Gasteiger partial charge in [0.2, 0.25) is 5.91 Å². The van der Waals surface area contributed by atoms with Gasteiger partial charge >= 0.3 is 0 Å². The first-order valence-corrected chi connectivity index (χ1v) is 9.04. The molecular formula is C19H29N3O2. The summed E-state index contributed by atoms with van der Waals surface area (Å²) in [6, 6.07) is 6.33. The Morgan fingerprint density at radius 2 is 1.88 bits per heavy atom. The Morgan fingerprint density at radius 3 is 2.50 bits per heavy atom. The lowest BCUT2D eigenvalue weighted by Gasteiger charge is -2.34. The summed E-state index contributed by atoms with van der Waals surface area (Å²) in [5, 5.41) is 3.07. The Morgan fingerprint density at radius 1 is 1.21 bits per heavy atom. The van der Waals surface area contributed by atoms with Gasteiger partial charge in [0.25, 0.3) is 0 Å². The average molecular weight is 331 g/mol. The van der Waals surface area contributed by atoms with Gasteiger partial charge in [-0.1, -0.05) is 0 Å². The zero-order valence-electron chi connectivity index (χ0n) is 15.0. The summed E-state index contributed by atoms with van der Waals surface area (Å²) in [5.41, 5.74) is 3.30. The van der Waals surface area contributed by atoms with E-state index in [0.29, 0.717) is 6.54 Å². The number of amides is 1. The van der Waals surface area contributed by atoms with Crippen molar-refractivity contribution in [1.29, 1.82) is 0 Å². The highest BCUT2D eigenvalue weighted by Crippen LogP contribution is 2.25. The van der Waals surface area contributed by atoms with Gasteiger partial charge < -0.3 is 15.0 Å². The first kappa shape index (κ1) is 17.2. The van der Waals surface area contributed by atoms with Crippen molar-refractivity contribution in [1.82, 2.24) is 4.90 Å². The summed E-state index contributed by atoms with van der Waals surface area (Å²) in [4.78, 5) is 17.0. The van der Waals surface area contributed by atoms with Crippen LogP contribution in [0.2, 0.25) is 0 Å². The zero-order chi connectivity index (χ0) is 17.1. The molecule has 1 aromatic rings. The van der Waals surface area contributed by atoms with Crippen LogP contribution in [0.3, 0.4) is 0 Å². The van der Waals surface area contributed by atoms with Crippen LogP contribution >= 0.6 is 0 Å². The predicted octanol–water partition coefficient (Wildman–Crippen LogP) is 2.64. The van der Waals surface area contributed by atoms with Gasteiger partial charge in [0.15, 0.2) is 0 Å². The van der Waals surface area contributed by atoms with Crippen LogP contribution in [0.25, 0.3) is 0 Å². The summed E-state index contributed by atoms with van der Waals surface area (Å²) in [6.45, 7) is 10.5. The molecule has 1 aromatic carbocycles. The number of anilines is 2. The lowest BCUT2D eigenvalue weighted by atomic mass is 10.1. The van der Waals surface area contributed by atoms with E-state index >= 15 is 0 Å². The molecule has 2 heterocycles. The molecule has 2 aliphatic heterocycles. The third kappa shape index (κ3) is 4.28. The van der Waals surface area contributed by atoms with Gasteiger partial charge in [-0.15, -0.1) is 0 Å². The molecule has 2 fully saturated rings. The van der Waals surface area contributed by atoms with Crippen molar-refractivity contribution in [3.8, 4) is 0 Å². The molecule has 2 aliphatic rings. The van der Waals surface area contributed by atoms with Gasteiger partial charge in [-0.05, 0) is 57.4 Å². The normalized spacial score (nSPS) is 25.0. The minimum Gasteiger partial charge on any atom is -0.373 e. The minimum absolute atomic E-state index is 0.0494. The maximum atomic E-state index is 12.4. The second-order valence-corrected chi connectivity index (χ2v) is 7.19. The lowest BCUT2D eigenvalue weighted by molar-refractivity contribution is -0.121. The first-order chi connectivity index (χ1) is 11.5. The molecule has 1 amide bonds. The molecule has 0 bridgehead atoms. The number of hydrogen-bond donors (Lipinski definition) is 1. The van der Waals surface area contributed by atoms with Gasteiger partial charge in [-0.25, -0.2) is 0 Å².